The van der Waals surface area contributed by atoms with Crippen LogP contribution in [0.5, 0.6) is 0 Å². The fourth-order valence-corrected chi connectivity index (χ4v) is 5.71. The molecule has 0 aromatic heterocycles. The monoisotopic (exact) mass is 511 g/mol. The lowest BCUT2D eigenvalue weighted by atomic mass is 10.0. The zero-order valence-corrected chi connectivity index (χ0v) is 24.9. The van der Waals surface area contributed by atoms with Crippen molar-refractivity contribution in [1.29, 1.82) is 0 Å². The second-order valence-electron chi connectivity index (χ2n) is 11.9. The van der Waals surface area contributed by atoms with Crippen LogP contribution in [0.3, 0.4) is 0 Å². The second-order valence-corrected chi connectivity index (χ2v) is 21.1. The summed E-state index contributed by atoms with van der Waals surface area (Å²) >= 11 is 0. The van der Waals surface area contributed by atoms with Gasteiger partial charge in [0.15, 0.2) is 20.2 Å². The van der Waals surface area contributed by atoms with Crippen molar-refractivity contribution < 1.29 is 28.0 Å². The minimum atomic E-state index is -2.36. The van der Waals surface area contributed by atoms with Gasteiger partial charge < -0.3 is 23.2 Å². The van der Waals surface area contributed by atoms with Crippen LogP contribution in [0.2, 0.25) is 37.8 Å². The highest BCUT2D eigenvalue weighted by molar-refractivity contribution is 6.74. The van der Waals surface area contributed by atoms with E-state index in [1.165, 1.54) is 7.11 Å². The van der Waals surface area contributed by atoms with Crippen molar-refractivity contribution in [1.82, 2.24) is 5.06 Å². The lowest BCUT2D eigenvalue weighted by Crippen LogP contribution is -2.61. The summed E-state index contributed by atoms with van der Waals surface area (Å²) in [6.07, 6.45) is -1.34. The molecule has 0 unspecified atom stereocenters. The maximum Gasteiger partial charge on any atom is 0.335 e. The lowest BCUT2D eigenvalue weighted by molar-refractivity contribution is -0.204. The smallest absolute Gasteiger partial charge is 0.335 e. The molecule has 1 aromatic rings. The molecule has 194 valence electrons. The molecule has 1 heterocycles. The van der Waals surface area contributed by atoms with E-state index in [1.807, 2.05) is 37.1 Å². The Hall–Kier alpha value is -1.08. The molecule has 0 bridgehead atoms. The standard InChI is InChI=1S/C25H45NO6Si2/c1-24(2,3)34(10,11)31-22(23(27)28-6)21(20-18-29-25(4,5)30-20)26(32-33(7,8)9)17-19-15-13-12-14-16-19/h12-16,20-22H,17-18H2,1-11H3/t20-,21+,22+/m1/s1. The Kier molecular flexibility index (Phi) is 9.35. The van der Waals surface area contributed by atoms with Crippen molar-refractivity contribution in [3.05, 3.63) is 35.9 Å². The van der Waals surface area contributed by atoms with E-state index >= 15 is 0 Å². The Bertz CT molecular complexity index is 804. The van der Waals surface area contributed by atoms with Crippen molar-refractivity contribution in [2.24, 2.45) is 0 Å². The zero-order valence-electron chi connectivity index (χ0n) is 22.9. The van der Waals surface area contributed by atoms with Gasteiger partial charge in [-0.15, -0.1) is 0 Å². The average molecular weight is 512 g/mol. The molecule has 0 N–H and O–H groups in total. The highest BCUT2D eigenvalue weighted by atomic mass is 28.4. The number of rotatable bonds is 10. The SMILES string of the molecule is COC(=O)[C@@H](O[Si](C)(C)C(C)(C)C)[C@H]([C@H]1COC(C)(C)O1)N(Cc1ccccc1)O[Si](C)(C)C. The molecule has 0 radical (unpaired) electrons. The fraction of sp³-hybridized carbons (Fsp3) is 0.720. The molecule has 9 heteroatoms. The van der Waals surface area contributed by atoms with Crippen LogP contribution >= 0.6 is 0 Å². The minimum Gasteiger partial charge on any atom is -0.467 e. The summed E-state index contributed by atoms with van der Waals surface area (Å²) < 4.78 is 30.9. The number of esters is 1. The van der Waals surface area contributed by atoms with E-state index < -0.39 is 46.6 Å². The molecule has 0 saturated carbocycles. The van der Waals surface area contributed by atoms with Gasteiger partial charge in [-0.25, -0.2) is 4.79 Å². The van der Waals surface area contributed by atoms with Crippen LogP contribution in [0.25, 0.3) is 0 Å². The van der Waals surface area contributed by atoms with Gasteiger partial charge in [-0.3, -0.25) is 0 Å². The van der Waals surface area contributed by atoms with Crippen molar-refractivity contribution in [2.45, 2.75) is 103 Å². The second kappa shape index (κ2) is 10.9. The van der Waals surface area contributed by atoms with Crippen LogP contribution in [0.1, 0.15) is 40.2 Å². The summed E-state index contributed by atoms with van der Waals surface area (Å²) in [6, 6.07) is 9.53. The molecule has 0 aliphatic carbocycles. The molecule has 0 amide bonds. The van der Waals surface area contributed by atoms with Gasteiger partial charge in [0.2, 0.25) is 8.32 Å². The first-order valence-electron chi connectivity index (χ1n) is 12.0. The predicted molar refractivity (Wildman–Crippen MR) is 139 cm³/mol. The van der Waals surface area contributed by atoms with Gasteiger partial charge in [0.25, 0.3) is 0 Å². The third kappa shape index (κ3) is 7.98. The van der Waals surface area contributed by atoms with Crippen molar-refractivity contribution >= 4 is 22.6 Å². The molecule has 1 saturated heterocycles. The molecule has 34 heavy (non-hydrogen) atoms. The Morgan fingerprint density at radius 1 is 1.15 bits per heavy atom. The van der Waals surface area contributed by atoms with E-state index in [9.17, 15) is 4.79 Å². The van der Waals surface area contributed by atoms with Gasteiger partial charge in [0.1, 0.15) is 6.10 Å². The van der Waals surface area contributed by atoms with Crippen LogP contribution in [0.4, 0.5) is 0 Å². The first-order valence-corrected chi connectivity index (χ1v) is 18.3. The summed E-state index contributed by atoms with van der Waals surface area (Å²) in [7, 11) is -3.04. The van der Waals surface area contributed by atoms with Crippen molar-refractivity contribution in [2.75, 3.05) is 13.7 Å². The number of hydrogen-bond donors (Lipinski definition) is 0. The lowest BCUT2D eigenvalue weighted by Gasteiger charge is -2.45. The van der Waals surface area contributed by atoms with Crippen LogP contribution in [0.15, 0.2) is 30.3 Å². The van der Waals surface area contributed by atoms with E-state index in [4.69, 9.17) is 23.2 Å². The fourth-order valence-electron chi connectivity index (χ4n) is 3.60. The number of nitrogens with zero attached hydrogens (tertiary/aromatic N) is 1. The number of carbonyl (C=O) groups is 1. The summed E-state index contributed by atoms with van der Waals surface area (Å²) in [5, 5.41) is 1.80. The molecular formula is C25H45NO6Si2. The van der Waals surface area contributed by atoms with E-state index in [0.29, 0.717) is 13.2 Å². The van der Waals surface area contributed by atoms with Crippen LogP contribution in [0, 0.1) is 0 Å². The molecule has 1 aliphatic heterocycles. The Morgan fingerprint density at radius 2 is 1.74 bits per heavy atom. The topological polar surface area (TPSA) is 66.5 Å². The molecule has 0 spiro atoms. The highest BCUT2D eigenvalue weighted by Crippen LogP contribution is 2.39. The van der Waals surface area contributed by atoms with E-state index in [1.54, 1.807) is 0 Å². The maximum absolute atomic E-state index is 13.3. The number of carbonyl (C=O) groups excluding carboxylic acids is 1. The highest BCUT2D eigenvalue weighted by Gasteiger charge is 2.51. The zero-order chi connectivity index (χ0) is 25.9. The van der Waals surface area contributed by atoms with Gasteiger partial charge in [0, 0.05) is 6.54 Å². The molecule has 7 nitrogen and oxygen atoms in total. The van der Waals surface area contributed by atoms with Crippen LogP contribution in [-0.4, -0.2) is 65.4 Å². The van der Waals surface area contributed by atoms with Gasteiger partial charge >= 0.3 is 5.97 Å². The summed E-state index contributed by atoms with van der Waals surface area (Å²) in [6.45, 7) is 21.7. The third-order valence-electron chi connectivity index (χ3n) is 6.29. The maximum atomic E-state index is 13.3. The Labute approximate surface area is 208 Å². The summed E-state index contributed by atoms with van der Waals surface area (Å²) in [5.41, 5.74) is 1.07. The number of hydroxylamine groups is 2. The quantitative estimate of drug-likeness (QED) is 0.239. The van der Waals surface area contributed by atoms with E-state index in [-0.39, 0.29) is 5.04 Å². The Balaban J connectivity index is 2.59. The molecular weight excluding hydrogens is 466 g/mol. The molecule has 1 aromatic carbocycles. The minimum absolute atomic E-state index is 0.0972. The van der Waals surface area contributed by atoms with Crippen LogP contribution < -0.4 is 0 Å². The molecule has 3 atom stereocenters. The van der Waals surface area contributed by atoms with E-state index in [2.05, 4.69) is 65.6 Å². The predicted octanol–water partition coefficient (Wildman–Crippen LogP) is 5.34. The molecule has 1 fully saturated rings. The van der Waals surface area contributed by atoms with Gasteiger partial charge in [-0.2, -0.15) is 5.06 Å². The summed E-state index contributed by atoms with van der Waals surface area (Å²) in [5.74, 6) is -1.20. The van der Waals surface area contributed by atoms with Gasteiger partial charge in [-0.1, -0.05) is 51.1 Å². The Morgan fingerprint density at radius 3 is 2.18 bits per heavy atom. The van der Waals surface area contributed by atoms with Crippen molar-refractivity contribution in [3.63, 3.8) is 0 Å². The number of methoxy groups -OCH3 is 1. The van der Waals surface area contributed by atoms with E-state index in [0.717, 1.165) is 5.56 Å². The number of hydrogen-bond acceptors (Lipinski definition) is 7. The average Bonchev–Trinajstić information content (AvgIpc) is 3.04. The molecule has 2 rings (SSSR count). The third-order valence-corrected chi connectivity index (χ3v) is 11.5. The first kappa shape index (κ1) is 29.2. The molecule has 1 aliphatic rings. The van der Waals surface area contributed by atoms with Gasteiger partial charge in [-0.05, 0) is 57.2 Å². The summed E-state index contributed by atoms with van der Waals surface area (Å²) in [4.78, 5) is 13.3. The van der Waals surface area contributed by atoms with Crippen LogP contribution in [-0.2, 0) is 34.5 Å². The normalized spacial score (nSPS) is 20.9. The number of benzene rings is 1. The first-order chi connectivity index (χ1) is 15.5. The van der Waals surface area contributed by atoms with Gasteiger partial charge in [0.05, 0.1) is 19.8 Å². The van der Waals surface area contributed by atoms with Crippen molar-refractivity contribution in [3.8, 4) is 0 Å². The largest absolute Gasteiger partial charge is 0.467 e. The number of ether oxygens (including phenoxy) is 3.